The Balaban J connectivity index is 0.949. The highest BCUT2D eigenvalue weighted by Gasteiger charge is 2.56. The highest BCUT2D eigenvalue weighted by Crippen LogP contribution is 2.44. The average molecular weight is 1370 g/mol. The number of carbonyl (C=O) groups is 3. The van der Waals surface area contributed by atoms with Crippen LogP contribution >= 0.6 is 0 Å². The van der Waals surface area contributed by atoms with E-state index in [1.54, 1.807) is 97.9 Å². The SMILES string of the molecule is CC[C@@H](C)[C@@H]1O[C@@H](CO[C@@H]2C(C)[C@@H](OCN=[N+]=[N-])OC(COC(=O)c3ccccc3)[C@@H]2O[C@H]2OC(COCc3ccccc3)[C@H](C)[C@H](C)C2C)[C@@H](OC(=O)c2ccccc2)C1O[C@H]1OC(COC(=O)c2ccccc2)[C@H](O[C@H]2OC(COCc3ccccc3)[C@H](C)[C@H](C)C2C)[C@H](O)C1C. The summed E-state index contributed by atoms with van der Waals surface area (Å²) in [6.45, 7) is 20.4. The molecule has 5 aromatic carbocycles. The van der Waals surface area contributed by atoms with E-state index in [-0.39, 0.29) is 85.6 Å². The Morgan fingerprint density at radius 1 is 0.444 bits per heavy atom. The molecule has 5 aromatic rings. The highest BCUT2D eigenvalue weighted by molar-refractivity contribution is 5.90. The lowest BCUT2D eigenvalue weighted by Gasteiger charge is -2.49. The van der Waals surface area contributed by atoms with Gasteiger partial charge in [-0.3, -0.25) is 0 Å². The van der Waals surface area contributed by atoms with Gasteiger partial charge < -0.3 is 76.2 Å². The normalized spacial score (nSPS) is 34.1. The van der Waals surface area contributed by atoms with Crippen LogP contribution in [0.1, 0.15) is 118 Å². The third kappa shape index (κ3) is 19.1. The molecule has 5 saturated heterocycles. The predicted molar refractivity (Wildman–Crippen MR) is 363 cm³/mol. The van der Waals surface area contributed by atoms with Crippen LogP contribution in [0.5, 0.6) is 0 Å². The summed E-state index contributed by atoms with van der Waals surface area (Å²) < 4.78 is 100. The second kappa shape index (κ2) is 36.3. The maximum absolute atomic E-state index is 14.6. The molecule has 5 fully saturated rings. The molecule has 5 heterocycles. The largest absolute Gasteiger partial charge is 0.459 e. The fourth-order valence-corrected chi connectivity index (χ4v) is 13.8. The molecule has 10 rings (SSSR count). The van der Waals surface area contributed by atoms with Crippen LogP contribution < -0.4 is 0 Å². The van der Waals surface area contributed by atoms with E-state index in [0.29, 0.717) is 37.4 Å². The number of benzene rings is 5. The quantitative estimate of drug-likeness (QED) is 0.0147. The van der Waals surface area contributed by atoms with Gasteiger partial charge in [-0.25, -0.2) is 14.4 Å². The zero-order valence-electron chi connectivity index (χ0n) is 58.4. The van der Waals surface area contributed by atoms with Gasteiger partial charge in [0.1, 0.15) is 56.6 Å². The fraction of sp³-hybridized carbons (Fsp3) is 0.571. The van der Waals surface area contributed by atoms with Crippen molar-refractivity contribution in [1.82, 2.24) is 0 Å². The Labute approximate surface area is 581 Å². The van der Waals surface area contributed by atoms with Crippen molar-refractivity contribution in [3.8, 4) is 0 Å². The lowest BCUT2D eigenvalue weighted by atomic mass is 9.79. The van der Waals surface area contributed by atoms with Gasteiger partial charge in [-0.05, 0) is 82.6 Å². The monoisotopic (exact) mass is 1370 g/mol. The molecule has 99 heavy (non-hydrogen) atoms. The van der Waals surface area contributed by atoms with Gasteiger partial charge >= 0.3 is 17.9 Å². The Hall–Kier alpha value is -6.70. The molecule has 9 unspecified atom stereocenters. The Morgan fingerprint density at radius 2 is 0.859 bits per heavy atom. The number of carbonyl (C=O) groups excluding carboxylic acids is 3. The second-order valence-electron chi connectivity index (χ2n) is 27.4. The van der Waals surface area contributed by atoms with Crippen molar-refractivity contribution < 1.29 is 90.5 Å². The van der Waals surface area contributed by atoms with E-state index in [2.05, 4.69) is 51.6 Å². The van der Waals surface area contributed by atoms with Crippen LogP contribution in [0.25, 0.3) is 10.4 Å². The number of azide groups is 1. The first-order valence-corrected chi connectivity index (χ1v) is 35.0. The van der Waals surface area contributed by atoms with Gasteiger partial charge in [-0.1, -0.05) is 196 Å². The van der Waals surface area contributed by atoms with Crippen molar-refractivity contribution in [3.05, 3.63) is 190 Å². The number of aliphatic hydroxyl groups is 1. The van der Waals surface area contributed by atoms with Crippen molar-refractivity contribution in [2.45, 2.75) is 187 Å². The number of hydrogen-bond acceptors (Lipinski definition) is 20. The van der Waals surface area contributed by atoms with Gasteiger partial charge in [0.15, 0.2) is 31.3 Å². The number of esters is 3. The first-order chi connectivity index (χ1) is 47.9. The first kappa shape index (κ1) is 75.0. The molecule has 0 bridgehead atoms. The van der Waals surface area contributed by atoms with E-state index in [0.717, 1.165) is 11.1 Å². The van der Waals surface area contributed by atoms with Gasteiger partial charge in [-0.15, -0.1) is 0 Å². The summed E-state index contributed by atoms with van der Waals surface area (Å²) in [5, 5.41) is 16.4. The zero-order chi connectivity index (χ0) is 70.1. The predicted octanol–water partition coefficient (Wildman–Crippen LogP) is 12.3. The van der Waals surface area contributed by atoms with Crippen LogP contribution in [0.3, 0.4) is 0 Å². The number of rotatable bonds is 30. The number of nitrogens with zero attached hydrogens (tertiary/aromatic N) is 3. The molecule has 536 valence electrons. The van der Waals surface area contributed by atoms with Crippen molar-refractivity contribution in [2.75, 3.05) is 39.8 Å². The summed E-state index contributed by atoms with van der Waals surface area (Å²) in [5.41, 5.74) is 12.3. The molecule has 0 aliphatic carbocycles. The van der Waals surface area contributed by atoms with E-state index in [1.807, 2.05) is 81.4 Å². The van der Waals surface area contributed by atoms with E-state index in [4.69, 9.17) is 71.1 Å². The van der Waals surface area contributed by atoms with Crippen LogP contribution in [-0.4, -0.2) is 161 Å². The molecule has 0 saturated carbocycles. The van der Waals surface area contributed by atoms with Crippen molar-refractivity contribution in [2.24, 2.45) is 58.4 Å². The molecule has 1 N–H and O–H groups in total. The fourth-order valence-electron chi connectivity index (χ4n) is 13.8. The summed E-state index contributed by atoms with van der Waals surface area (Å²) >= 11 is 0. The summed E-state index contributed by atoms with van der Waals surface area (Å²) in [6, 6.07) is 45.5. The smallest absolute Gasteiger partial charge is 0.338 e. The van der Waals surface area contributed by atoms with Gasteiger partial charge in [0.2, 0.25) is 0 Å². The summed E-state index contributed by atoms with van der Waals surface area (Å²) in [5.74, 6) is -3.63. The van der Waals surface area contributed by atoms with Gasteiger partial charge in [-0.2, -0.15) is 0 Å². The van der Waals surface area contributed by atoms with E-state index >= 15 is 0 Å². The third-order valence-corrected chi connectivity index (χ3v) is 20.9. The molecule has 5 aliphatic rings. The van der Waals surface area contributed by atoms with Crippen LogP contribution in [0.15, 0.2) is 157 Å². The summed E-state index contributed by atoms with van der Waals surface area (Å²) in [7, 11) is 0. The zero-order valence-corrected chi connectivity index (χ0v) is 58.4. The lowest BCUT2D eigenvalue weighted by molar-refractivity contribution is -0.345. The molecule has 0 aromatic heterocycles. The topological polar surface area (TPSA) is 259 Å². The molecular weight excluding hydrogens is 1270 g/mol. The third-order valence-electron chi connectivity index (χ3n) is 20.9. The van der Waals surface area contributed by atoms with Crippen molar-refractivity contribution >= 4 is 17.9 Å². The van der Waals surface area contributed by atoms with Crippen LogP contribution in [0.2, 0.25) is 0 Å². The van der Waals surface area contributed by atoms with E-state index in [9.17, 15) is 25.0 Å². The van der Waals surface area contributed by atoms with Crippen molar-refractivity contribution in [1.29, 1.82) is 0 Å². The molecule has 25 atom stereocenters. The van der Waals surface area contributed by atoms with Crippen LogP contribution in [0.4, 0.5) is 0 Å². The number of aliphatic hydroxyl groups excluding tert-OH is 1. The Kier molecular flexibility index (Phi) is 27.5. The molecule has 0 radical (unpaired) electrons. The molecule has 22 nitrogen and oxygen atoms in total. The maximum Gasteiger partial charge on any atom is 0.338 e. The standard InChI is InChI=1S/C77H99N3O19/c1-11-45(2)65-70(99-77-52(9)64(81)67(61(95-77)42-88-71(82)56-31-21-14-22-32-56)97-75-50(7)46(3)48(5)59(92-75)39-85-37-54-27-17-12-18-28-54)69(96-73(84)58-35-25-16-26-36-58)62(91-65)41-87-66-53(10)74(90-44-79-80-78)94-63(43-89-72(83)57-33-23-15-24-34-57)68(66)98-76-51(8)47(4)49(6)60(93-76)40-86-38-55-29-19-13-20-30-55/h12-36,45-53,59-70,74-77,81H,11,37-44H2,1-10H3/t45-,46+,47+,48-,49-,50?,51?,52?,53?,59?,60?,61?,62+,63?,64-,65+,66-,67+,68+,69-,70?,74+,75-,76-,77-/m1/s1. The second-order valence-corrected chi connectivity index (χ2v) is 27.4. The minimum Gasteiger partial charge on any atom is -0.459 e. The van der Waals surface area contributed by atoms with Crippen LogP contribution in [-0.2, 0) is 84.3 Å². The van der Waals surface area contributed by atoms with E-state index in [1.165, 1.54) is 0 Å². The summed E-state index contributed by atoms with van der Waals surface area (Å²) in [6.07, 6.45) is -14.9. The number of hydrogen-bond donors (Lipinski definition) is 1. The lowest BCUT2D eigenvalue weighted by Crippen LogP contribution is -2.61. The highest BCUT2D eigenvalue weighted by atomic mass is 16.8. The van der Waals surface area contributed by atoms with Gasteiger partial charge in [0.25, 0.3) is 0 Å². The molecule has 0 amide bonds. The molecule has 22 heteroatoms. The molecular formula is C77H99N3O19. The minimum absolute atomic E-state index is 0.0645. The van der Waals surface area contributed by atoms with Gasteiger partial charge in [0, 0.05) is 28.6 Å². The number of ether oxygens (including phenoxy) is 15. The van der Waals surface area contributed by atoms with Crippen molar-refractivity contribution in [3.63, 3.8) is 0 Å². The Morgan fingerprint density at radius 3 is 1.34 bits per heavy atom. The van der Waals surface area contributed by atoms with Gasteiger partial charge in [0.05, 0.1) is 80.2 Å². The molecule has 5 aliphatic heterocycles. The Bertz CT molecular complexity index is 3320. The summed E-state index contributed by atoms with van der Waals surface area (Å²) in [4.78, 5) is 45.1. The minimum atomic E-state index is -1.30. The first-order valence-electron chi connectivity index (χ1n) is 35.0. The van der Waals surface area contributed by atoms with Crippen LogP contribution in [0, 0.1) is 53.3 Å². The maximum atomic E-state index is 14.6. The average Bonchev–Trinajstić information content (AvgIpc) is 1.72. The van der Waals surface area contributed by atoms with E-state index < -0.39 is 123 Å². The molecule has 0 spiro atoms.